The Bertz CT molecular complexity index is 710. The first-order valence-corrected chi connectivity index (χ1v) is 9.53. The van der Waals surface area contributed by atoms with Gasteiger partial charge in [-0.1, -0.05) is 0 Å². The van der Waals surface area contributed by atoms with Gasteiger partial charge in [0.25, 0.3) is 0 Å². The minimum absolute atomic E-state index is 0.00711. The van der Waals surface area contributed by atoms with Crippen LogP contribution in [0.1, 0.15) is 12.8 Å². The summed E-state index contributed by atoms with van der Waals surface area (Å²) in [7, 11) is -7.19. The van der Waals surface area contributed by atoms with E-state index in [0.717, 1.165) is 25.4 Å². The number of aromatic nitrogens is 1. The van der Waals surface area contributed by atoms with E-state index in [2.05, 4.69) is 14.4 Å². The van der Waals surface area contributed by atoms with Crippen LogP contribution < -0.4 is 14.2 Å². The molecule has 1 heterocycles. The summed E-state index contributed by atoms with van der Waals surface area (Å²) in [4.78, 5) is 3.84. The molecule has 2 rings (SSSR count). The van der Waals surface area contributed by atoms with Crippen molar-refractivity contribution in [3.05, 3.63) is 12.3 Å². The first kappa shape index (κ1) is 14.9. The Hall–Kier alpha value is -1.55. The third-order valence-electron chi connectivity index (χ3n) is 2.30. The molecular weight excluding hydrogens is 306 g/mol. The largest absolute Gasteiger partial charge is 0.488 e. The van der Waals surface area contributed by atoms with Crippen molar-refractivity contribution >= 4 is 31.6 Å². The molecule has 8 nitrogen and oxygen atoms in total. The van der Waals surface area contributed by atoms with Crippen molar-refractivity contribution in [1.29, 1.82) is 0 Å². The van der Waals surface area contributed by atoms with Crippen LogP contribution in [-0.4, -0.2) is 40.4 Å². The van der Waals surface area contributed by atoms with Gasteiger partial charge in [-0.05, 0) is 12.8 Å². The third kappa shape index (κ3) is 4.53. The van der Waals surface area contributed by atoms with Gasteiger partial charge in [0.2, 0.25) is 20.0 Å². The summed E-state index contributed by atoms with van der Waals surface area (Å²) in [5.74, 6) is 0.134. The van der Waals surface area contributed by atoms with Crippen LogP contribution in [0.2, 0.25) is 0 Å². The second-order valence-corrected chi connectivity index (χ2v) is 8.10. The average Bonchev–Trinajstić information content (AvgIpc) is 3.03. The highest BCUT2D eigenvalue weighted by atomic mass is 32.2. The molecule has 20 heavy (non-hydrogen) atoms. The van der Waals surface area contributed by atoms with Crippen molar-refractivity contribution in [3.63, 3.8) is 0 Å². The SMILES string of the molecule is CS(=O)(=O)Nc1nccc(OC2CC2)c1NS(C)(=O)=O. The number of sulfonamides is 2. The molecule has 112 valence electrons. The van der Waals surface area contributed by atoms with E-state index in [4.69, 9.17) is 4.74 Å². The standard InChI is InChI=1S/C10H15N3O5S2/c1-19(14,15)12-9-8(18-7-3-4-7)5-6-11-10(9)13-20(2,16)17/h5-7,12H,3-4H2,1-2H3,(H,11,13). The van der Waals surface area contributed by atoms with Crippen LogP contribution in [0, 0.1) is 0 Å². The van der Waals surface area contributed by atoms with Crippen LogP contribution in [0.3, 0.4) is 0 Å². The van der Waals surface area contributed by atoms with E-state index in [-0.39, 0.29) is 23.4 Å². The van der Waals surface area contributed by atoms with Crippen LogP contribution in [0.5, 0.6) is 5.75 Å². The number of anilines is 2. The van der Waals surface area contributed by atoms with Gasteiger partial charge >= 0.3 is 0 Å². The first-order chi connectivity index (χ1) is 9.14. The van der Waals surface area contributed by atoms with Gasteiger partial charge in [0.1, 0.15) is 11.4 Å². The van der Waals surface area contributed by atoms with Gasteiger partial charge in [-0.25, -0.2) is 21.8 Å². The van der Waals surface area contributed by atoms with Crippen molar-refractivity contribution < 1.29 is 21.6 Å². The van der Waals surface area contributed by atoms with Crippen molar-refractivity contribution in [3.8, 4) is 5.75 Å². The highest BCUT2D eigenvalue weighted by Gasteiger charge is 2.26. The second-order valence-electron chi connectivity index (χ2n) is 4.60. The van der Waals surface area contributed by atoms with Crippen molar-refractivity contribution in [2.24, 2.45) is 0 Å². The molecule has 0 atom stereocenters. The quantitative estimate of drug-likeness (QED) is 0.782. The number of nitrogens with zero attached hydrogens (tertiary/aromatic N) is 1. The Morgan fingerprint density at radius 2 is 1.75 bits per heavy atom. The van der Waals surface area contributed by atoms with Gasteiger partial charge in [0, 0.05) is 12.3 Å². The predicted molar refractivity (Wildman–Crippen MR) is 74.8 cm³/mol. The lowest BCUT2D eigenvalue weighted by molar-refractivity contribution is 0.305. The van der Waals surface area contributed by atoms with Gasteiger partial charge in [-0.3, -0.25) is 9.44 Å². The third-order valence-corrected chi connectivity index (χ3v) is 3.44. The Balaban J connectivity index is 2.43. The van der Waals surface area contributed by atoms with Gasteiger partial charge in [0.05, 0.1) is 18.6 Å². The fraction of sp³-hybridized carbons (Fsp3) is 0.500. The molecule has 1 aromatic heterocycles. The van der Waals surface area contributed by atoms with Crippen molar-refractivity contribution in [2.75, 3.05) is 22.0 Å². The zero-order chi connectivity index (χ0) is 15.0. The van der Waals surface area contributed by atoms with E-state index in [1.165, 1.54) is 12.3 Å². The second kappa shape index (κ2) is 5.09. The molecule has 1 aliphatic carbocycles. The van der Waals surface area contributed by atoms with Crippen molar-refractivity contribution in [1.82, 2.24) is 4.98 Å². The van der Waals surface area contributed by atoms with E-state index in [1.54, 1.807) is 0 Å². The zero-order valence-corrected chi connectivity index (χ0v) is 12.6. The number of nitrogens with one attached hydrogen (secondary N) is 2. The van der Waals surface area contributed by atoms with E-state index >= 15 is 0 Å². The molecular formula is C10H15N3O5S2. The molecule has 2 N–H and O–H groups in total. The van der Waals surface area contributed by atoms with Crippen LogP contribution in [-0.2, 0) is 20.0 Å². The Morgan fingerprint density at radius 1 is 1.15 bits per heavy atom. The maximum absolute atomic E-state index is 11.4. The van der Waals surface area contributed by atoms with Crippen LogP contribution in [0.25, 0.3) is 0 Å². The molecule has 0 saturated heterocycles. The summed E-state index contributed by atoms with van der Waals surface area (Å²) < 4.78 is 55.3. The maximum Gasteiger partial charge on any atom is 0.231 e. The summed E-state index contributed by atoms with van der Waals surface area (Å²) >= 11 is 0. The molecule has 1 aliphatic rings. The molecule has 0 unspecified atom stereocenters. The smallest absolute Gasteiger partial charge is 0.231 e. The highest BCUT2D eigenvalue weighted by molar-refractivity contribution is 7.92. The zero-order valence-electron chi connectivity index (χ0n) is 11.0. The minimum atomic E-state index is -3.60. The molecule has 1 fully saturated rings. The number of rotatable bonds is 6. The van der Waals surface area contributed by atoms with Gasteiger partial charge in [-0.2, -0.15) is 0 Å². The predicted octanol–water partition coefficient (Wildman–Crippen LogP) is 0.366. The highest BCUT2D eigenvalue weighted by Crippen LogP contribution is 2.36. The Kier molecular flexibility index (Phi) is 3.78. The molecule has 1 saturated carbocycles. The minimum Gasteiger partial charge on any atom is -0.488 e. The molecule has 0 spiro atoms. The van der Waals surface area contributed by atoms with E-state index in [1.807, 2.05) is 0 Å². The normalized spacial score (nSPS) is 15.7. The van der Waals surface area contributed by atoms with E-state index in [9.17, 15) is 16.8 Å². The van der Waals surface area contributed by atoms with Gasteiger partial charge in [0.15, 0.2) is 5.82 Å². The molecule has 0 bridgehead atoms. The summed E-state index contributed by atoms with van der Waals surface area (Å²) in [5, 5.41) is 0. The van der Waals surface area contributed by atoms with Gasteiger partial charge < -0.3 is 4.74 Å². The summed E-state index contributed by atoms with van der Waals surface area (Å²) in [6.45, 7) is 0. The van der Waals surface area contributed by atoms with Crippen LogP contribution in [0.4, 0.5) is 11.5 Å². The van der Waals surface area contributed by atoms with Crippen LogP contribution >= 0.6 is 0 Å². The molecule has 0 aromatic carbocycles. The summed E-state index contributed by atoms with van der Waals surface area (Å²) in [5.41, 5.74) is -0.00711. The average molecular weight is 321 g/mol. The lowest BCUT2D eigenvalue weighted by atomic mass is 10.3. The van der Waals surface area contributed by atoms with Crippen LogP contribution in [0.15, 0.2) is 12.3 Å². The monoisotopic (exact) mass is 321 g/mol. The van der Waals surface area contributed by atoms with E-state index in [0.29, 0.717) is 0 Å². The fourth-order valence-corrected chi connectivity index (χ4v) is 2.52. The van der Waals surface area contributed by atoms with E-state index < -0.39 is 20.0 Å². The molecule has 10 heteroatoms. The number of ether oxygens (including phenoxy) is 1. The fourth-order valence-electron chi connectivity index (χ4n) is 1.44. The maximum atomic E-state index is 11.4. The van der Waals surface area contributed by atoms with Crippen molar-refractivity contribution in [2.45, 2.75) is 18.9 Å². The number of pyridine rings is 1. The summed E-state index contributed by atoms with van der Waals surface area (Å²) in [6, 6.07) is 1.49. The number of hydrogen-bond acceptors (Lipinski definition) is 6. The molecule has 0 radical (unpaired) electrons. The molecule has 0 aliphatic heterocycles. The van der Waals surface area contributed by atoms with Gasteiger partial charge in [-0.15, -0.1) is 0 Å². The lowest BCUT2D eigenvalue weighted by Gasteiger charge is -2.15. The Labute approximate surface area is 117 Å². The molecule has 1 aromatic rings. The Morgan fingerprint density at radius 3 is 2.25 bits per heavy atom. The first-order valence-electron chi connectivity index (χ1n) is 5.75. The molecule has 0 amide bonds. The topological polar surface area (TPSA) is 114 Å². The number of hydrogen-bond donors (Lipinski definition) is 2. The lowest BCUT2D eigenvalue weighted by Crippen LogP contribution is -2.17. The summed E-state index contributed by atoms with van der Waals surface area (Å²) in [6.07, 6.45) is 5.06.